The largest absolute Gasteiger partial charge is 0.489 e. The minimum absolute atomic E-state index is 0.0609. The summed E-state index contributed by atoms with van der Waals surface area (Å²) in [5, 5.41) is 0. The number of hydrogen-bond acceptors (Lipinski definition) is 3. The molecule has 0 unspecified atom stereocenters. The van der Waals surface area contributed by atoms with Crippen LogP contribution in [-0.2, 0) is 6.61 Å². The molecule has 5 heteroatoms. The van der Waals surface area contributed by atoms with E-state index in [-0.39, 0.29) is 29.5 Å². The number of ether oxygens (including phenoxy) is 2. The number of halogens is 2. The van der Waals surface area contributed by atoms with Crippen LogP contribution in [0.5, 0.6) is 11.5 Å². The lowest BCUT2D eigenvalue weighted by molar-refractivity contribution is 0.101. The topological polar surface area (TPSA) is 35.5 Å². The maximum absolute atomic E-state index is 13.8. The molecule has 3 aromatic carbocycles. The van der Waals surface area contributed by atoms with E-state index >= 15 is 0 Å². The second-order valence-electron chi connectivity index (χ2n) is 6.03. The van der Waals surface area contributed by atoms with E-state index in [4.69, 9.17) is 9.47 Å². The van der Waals surface area contributed by atoms with Gasteiger partial charge in [-0.3, -0.25) is 4.79 Å². The van der Waals surface area contributed by atoms with E-state index in [1.807, 2.05) is 0 Å². The normalized spacial score (nSPS) is 14.1. The smallest absolute Gasteiger partial charge is 0.231 e. The number of rotatable bonds is 4. The fraction of sp³-hybridized carbons (Fsp3) is 0.0455. The summed E-state index contributed by atoms with van der Waals surface area (Å²) in [5.74, 6) is -0.112. The highest BCUT2D eigenvalue weighted by Gasteiger charge is 2.28. The maximum Gasteiger partial charge on any atom is 0.231 e. The van der Waals surface area contributed by atoms with Crippen molar-refractivity contribution in [2.45, 2.75) is 6.61 Å². The first kappa shape index (κ1) is 17.0. The zero-order valence-corrected chi connectivity index (χ0v) is 14.1. The van der Waals surface area contributed by atoms with Crippen molar-refractivity contribution in [3.63, 3.8) is 0 Å². The Bertz CT molecular complexity index is 1040. The number of carbonyl (C=O) groups is 1. The number of Topliss-reactive ketones (excluding diaryl/α,β-unsaturated/α-hetero) is 1. The van der Waals surface area contributed by atoms with E-state index in [9.17, 15) is 13.6 Å². The van der Waals surface area contributed by atoms with Crippen molar-refractivity contribution < 1.29 is 23.0 Å². The van der Waals surface area contributed by atoms with Gasteiger partial charge < -0.3 is 9.47 Å². The molecule has 3 aromatic rings. The first-order valence-corrected chi connectivity index (χ1v) is 8.30. The third-order valence-corrected chi connectivity index (χ3v) is 4.15. The fourth-order valence-electron chi connectivity index (χ4n) is 2.74. The molecule has 0 atom stereocenters. The van der Waals surface area contributed by atoms with Gasteiger partial charge in [-0.1, -0.05) is 30.3 Å². The summed E-state index contributed by atoms with van der Waals surface area (Å²) in [7, 11) is 0. The molecular weight excluding hydrogens is 350 g/mol. The summed E-state index contributed by atoms with van der Waals surface area (Å²) in [6.07, 6.45) is 1.39. The van der Waals surface area contributed by atoms with Crippen LogP contribution in [0.25, 0.3) is 6.08 Å². The van der Waals surface area contributed by atoms with Gasteiger partial charge in [0.15, 0.2) is 5.76 Å². The molecule has 134 valence electrons. The Morgan fingerprint density at radius 3 is 2.52 bits per heavy atom. The first-order valence-electron chi connectivity index (χ1n) is 8.30. The highest BCUT2D eigenvalue weighted by atomic mass is 19.1. The van der Waals surface area contributed by atoms with Crippen LogP contribution in [0, 0.1) is 11.6 Å². The number of carbonyl (C=O) groups excluding carboxylic acids is 1. The van der Waals surface area contributed by atoms with E-state index in [1.165, 1.54) is 24.3 Å². The summed E-state index contributed by atoms with van der Waals surface area (Å²) < 4.78 is 38.0. The Hall–Kier alpha value is -3.47. The molecule has 1 aliphatic rings. The van der Waals surface area contributed by atoms with Crippen LogP contribution in [0.4, 0.5) is 8.78 Å². The monoisotopic (exact) mass is 364 g/mol. The number of fused-ring (bicyclic) bond motifs is 1. The van der Waals surface area contributed by atoms with Gasteiger partial charge in [0.1, 0.15) is 29.7 Å². The average Bonchev–Trinajstić information content (AvgIpc) is 2.98. The first-order chi connectivity index (χ1) is 13.1. The molecule has 0 amide bonds. The van der Waals surface area contributed by atoms with E-state index in [0.717, 1.165) is 5.56 Å². The quantitative estimate of drug-likeness (QED) is 0.600. The van der Waals surface area contributed by atoms with Crippen LogP contribution in [0.1, 0.15) is 21.5 Å². The van der Waals surface area contributed by atoms with Crippen molar-refractivity contribution >= 4 is 11.9 Å². The predicted octanol–water partition coefficient (Wildman–Crippen LogP) is 5.16. The lowest BCUT2D eigenvalue weighted by Crippen LogP contribution is -1.98. The van der Waals surface area contributed by atoms with Gasteiger partial charge in [-0.25, -0.2) is 8.78 Å². The Labute approximate surface area is 154 Å². The van der Waals surface area contributed by atoms with Gasteiger partial charge in [0.05, 0.1) is 5.56 Å². The van der Waals surface area contributed by atoms with Crippen LogP contribution in [0.15, 0.2) is 72.5 Å². The molecule has 0 saturated carbocycles. The van der Waals surface area contributed by atoms with Crippen molar-refractivity contribution in [2.24, 2.45) is 0 Å². The molecule has 0 bridgehead atoms. The third-order valence-electron chi connectivity index (χ3n) is 4.15. The van der Waals surface area contributed by atoms with Gasteiger partial charge >= 0.3 is 0 Å². The van der Waals surface area contributed by atoms with E-state index in [2.05, 4.69) is 0 Å². The van der Waals surface area contributed by atoms with E-state index in [1.54, 1.807) is 48.5 Å². The Balaban J connectivity index is 1.52. The van der Waals surface area contributed by atoms with Gasteiger partial charge in [-0.05, 0) is 42.0 Å². The van der Waals surface area contributed by atoms with Gasteiger partial charge in [0.2, 0.25) is 5.78 Å². The Morgan fingerprint density at radius 2 is 1.74 bits per heavy atom. The second-order valence-corrected chi connectivity index (χ2v) is 6.03. The van der Waals surface area contributed by atoms with Crippen LogP contribution in [0.2, 0.25) is 0 Å². The number of allylic oxidation sites excluding steroid dienone is 1. The number of ketones is 1. The molecule has 1 aliphatic heterocycles. The summed E-state index contributed by atoms with van der Waals surface area (Å²) >= 11 is 0. The summed E-state index contributed by atoms with van der Waals surface area (Å²) in [4.78, 5) is 12.4. The van der Waals surface area contributed by atoms with Gasteiger partial charge in [-0.15, -0.1) is 0 Å². The molecule has 4 rings (SSSR count). The minimum Gasteiger partial charge on any atom is -0.489 e. The lowest BCUT2D eigenvalue weighted by atomic mass is 10.1. The predicted molar refractivity (Wildman–Crippen MR) is 96.5 cm³/mol. The van der Waals surface area contributed by atoms with E-state index in [0.29, 0.717) is 17.1 Å². The third kappa shape index (κ3) is 3.58. The van der Waals surface area contributed by atoms with Crippen molar-refractivity contribution in [1.29, 1.82) is 0 Å². The molecule has 0 aliphatic carbocycles. The van der Waals surface area contributed by atoms with Gasteiger partial charge in [0.25, 0.3) is 0 Å². The van der Waals surface area contributed by atoms with Crippen LogP contribution < -0.4 is 9.47 Å². The fourth-order valence-corrected chi connectivity index (χ4v) is 2.74. The Morgan fingerprint density at radius 1 is 0.963 bits per heavy atom. The highest BCUT2D eigenvalue weighted by molar-refractivity contribution is 6.14. The van der Waals surface area contributed by atoms with Crippen molar-refractivity contribution in [3.05, 3.63) is 101 Å². The summed E-state index contributed by atoms with van der Waals surface area (Å²) in [5.41, 5.74) is 1.49. The second kappa shape index (κ2) is 7.03. The molecule has 3 nitrogen and oxygen atoms in total. The molecule has 0 saturated heterocycles. The molecule has 27 heavy (non-hydrogen) atoms. The molecule has 0 spiro atoms. The van der Waals surface area contributed by atoms with Gasteiger partial charge in [-0.2, -0.15) is 0 Å². The highest BCUT2D eigenvalue weighted by Crippen LogP contribution is 2.35. The number of benzene rings is 3. The molecule has 1 heterocycles. The minimum atomic E-state index is -0.430. The van der Waals surface area contributed by atoms with Crippen LogP contribution >= 0.6 is 0 Å². The molecule has 0 aromatic heterocycles. The molecule has 0 radical (unpaired) electrons. The van der Waals surface area contributed by atoms with Crippen molar-refractivity contribution in [1.82, 2.24) is 0 Å². The number of hydrogen-bond donors (Lipinski definition) is 0. The molecular formula is C22H14F2O3. The van der Waals surface area contributed by atoms with Crippen molar-refractivity contribution in [3.8, 4) is 11.5 Å². The van der Waals surface area contributed by atoms with Crippen LogP contribution in [-0.4, -0.2) is 5.78 Å². The average molecular weight is 364 g/mol. The van der Waals surface area contributed by atoms with Crippen molar-refractivity contribution in [2.75, 3.05) is 0 Å². The SMILES string of the molecule is O=C1C(=Cc2ccccc2F)Oc2cc(OCc3ccc(F)cc3)ccc21. The maximum atomic E-state index is 13.8. The summed E-state index contributed by atoms with van der Waals surface area (Å²) in [6.45, 7) is 0.255. The van der Waals surface area contributed by atoms with Gasteiger partial charge in [0, 0.05) is 11.6 Å². The Kier molecular flexibility index (Phi) is 4.42. The standard InChI is InChI=1S/C22H14F2O3/c23-16-7-5-14(6-8-16)13-26-17-9-10-18-20(12-17)27-21(22(18)25)11-15-3-1-2-4-19(15)24/h1-12H,13H2. The lowest BCUT2D eigenvalue weighted by Gasteiger charge is -2.07. The molecule has 0 fully saturated rings. The van der Waals surface area contributed by atoms with E-state index < -0.39 is 5.82 Å². The zero-order valence-electron chi connectivity index (χ0n) is 14.1. The van der Waals surface area contributed by atoms with Crippen LogP contribution in [0.3, 0.4) is 0 Å². The summed E-state index contributed by atoms with van der Waals surface area (Å²) in [6, 6.07) is 17.0. The zero-order chi connectivity index (χ0) is 18.8. The molecule has 0 N–H and O–H groups in total.